The van der Waals surface area contributed by atoms with Crippen LogP contribution < -0.4 is 5.73 Å². The molecule has 0 amide bonds. The summed E-state index contributed by atoms with van der Waals surface area (Å²) in [7, 11) is 0. The molecule has 0 fully saturated rings. The molecule has 0 spiro atoms. The van der Waals surface area contributed by atoms with Gasteiger partial charge in [-0.3, -0.25) is 0 Å². The molecule has 0 heterocycles. The SMILES string of the molecule is C=C(C)/C(N)=N\C(Br)=C/C. The summed E-state index contributed by atoms with van der Waals surface area (Å²) in [6.07, 6.45) is 1.82. The van der Waals surface area contributed by atoms with Gasteiger partial charge >= 0.3 is 0 Å². The van der Waals surface area contributed by atoms with Crippen LogP contribution in [-0.2, 0) is 0 Å². The Morgan fingerprint density at radius 3 is 2.50 bits per heavy atom. The molecule has 0 aliphatic rings. The van der Waals surface area contributed by atoms with E-state index in [-0.39, 0.29) is 0 Å². The van der Waals surface area contributed by atoms with Crippen LogP contribution in [0.2, 0.25) is 0 Å². The molecule has 0 radical (unpaired) electrons. The van der Waals surface area contributed by atoms with Gasteiger partial charge in [0.15, 0.2) is 0 Å². The smallest absolute Gasteiger partial charge is 0.126 e. The van der Waals surface area contributed by atoms with E-state index in [9.17, 15) is 0 Å². The maximum absolute atomic E-state index is 5.47. The van der Waals surface area contributed by atoms with Crippen molar-refractivity contribution in [3.05, 3.63) is 22.8 Å². The Morgan fingerprint density at radius 2 is 2.20 bits per heavy atom. The minimum absolute atomic E-state index is 0.463. The minimum Gasteiger partial charge on any atom is -0.383 e. The van der Waals surface area contributed by atoms with Crippen LogP contribution in [0, 0.1) is 0 Å². The Morgan fingerprint density at radius 1 is 1.70 bits per heavy atom. The van der Waals surface area contributed by atoms with Crippen LogP contribution in [0.25, 0.3) is 0 Å². The van der Waals surface area contributed by atoms with Gasteiger partial charge in [-0.25, -0.2) is 4.99 Å². The largest absolute Gasteiger partial charge is 0.383 e. The van der Waals surface area contributed by atoms with E-state index < -0.39 is 0 Å². The van der Waals surface area contributed by atoms with Crippen molar-refractivity contribution in [2.45, 2.75) is 13.8 Å². The second kappa shape index (κ2) is 4.28. The van der Waals surface area contributed by atoms with Gasteiger partial charge in [-0.15, -0.1) is 0 Å². The Balaban J connectivity index is 4.31. The maximum Gasteiger partial charge on any atom is 0.126 e. The Kier molecular flexibility index (Phi) is 4.03. The van der Waals surface area contributed by atoms with E-state index in [0.29, 0.717) is 5.84 Å². The van der Waals surface area contributed by atoms with Crippen molar-refractivity contribution in [3.8, 4) is 0 Å². The summed E-state index contributed by atoms with van der Waals surface area (Å²) >= 11 is 3.20. The topological polar surface area (TPSA) is 38.4 Å². The summed E-state index contributed by atoms with van der Waals surface area (Å²) in [6.45, 7) is 7.33. The van der Waals surface area contributed by atoms with Crippen molar-refractivity contribution in [1.29, 1.82) is 0 Å². The average molecular weight is 203 g/mol. The minimum atomic E-state index is 0.463. The van der Waals surface area contributed by atoms with Gasteiger partial charge in [0, 0.05) is 0 Å². The first-order valence-corrected chi connectivity index (χ1v) is 3.69. The second-order valence-corrected chi connectivity index (χ2v) is 2.70. The van der Waals surface area contributed by atoms with E-state index in [1.807, 2.05) is 19.9 Å². The number of hydrogen-bond donors (Lipinski definition) is 1. The first-order chi connectivity index (χ1) is 4.57. The first kappa shape index (κ1) is 9.43. The van der Waals surface area contributed by atoms with E-state index in [4.69, 9.17) is 5.73 Å². The molecule has 0 aromatic rings. The van der Waals surface area contributed by atoms with E-state index in [1.54, 1.807) is 0 Å². The predicted molar refractivity (Wildman–Crippen MR) is 49.1 cm³/mol. The second-order valence-electron chi connectivity index (χ2n) is 1.89. The van der Waals surface area contributed by atoms with Crippen LogP contribution in [0.3, 0.4) is 0 Å². The van der Waals surface area contributed by atoms with Gasteiger partial charge < -0.3 is 5.73 Å². The molecule has 0 aromatic carbocycles. The van der Waals surface area contributed by atoms with Crippen molar-refractivity contribution >= 4 is 21.8 Å². The lowest BCUT2D eigenvalue weighted by molar-refractivity contribution is 1.41. The average Bonchev–Trinajstić information content (AvgIpc) is 1.87. The van der Waals surface area contributed by atoms with Crippen LogP contribution in [0.1, 0.15) is 13.8 Å². The summed E-state index contributed by atoms with van der Waals surface area (Å²) in [5.41, 5.74) is 6.25. The molecule has 0 aliphatic heterocycles. The highest BCUT2D eigenvalue weighted by atomic mass is 79.9. The highest BCUT2D eigenvalue weighted by Crippen LogP contribution is 2.06. The molecule has 0 atom stereocenters. The number of nitrogens with two attached hydrogens (primary N) is 1. The zero-order valence-corrected chi connectivity index (χ0v) is 7.77. The predicted octanol–water partition coefficient (Wildman–Crippen LogP) is 2.18. The van der Waals surface area contributed by atoms with Crippen molar-refractivity contribution in [3.63, 3.8) is 0 Å². The molecular formula is C7H11BrN2. The summed E-state index contributed by atoms with van der Waals surface area (Å²) in [4.78, 5) is 3.97. The molecule has 0 unspecified atom stereocenters. The summed E-state index contributed by atoms with van der Waals surface area (Å²) in [5.74, 6) is 0.463. The Bertz CT molecular complexity index is 192. The van der Waals surface area contributed by atoms with Crippen molar-refractivity contribution in [2.24, 2.45) is 10.7 Å². The lowest BCUT2D eigenvalue weighted by Gasteiger charge is -1.95. The number of allylic oxidation sites excluding steroid dienone is 1. The molecule has 3 heteroatoms. The van der Waals surface area contributed by atoms with E-state index in [2.05, 4.69) is 27.5 Å². The van der Waals surface area contributed by atoms with Crippen molar-refractivity contribution < 1.29 is 0 Å². The third kappa shape index (κ3) is 3.45. The molecule has 0 bridgehead atoms. The molecule has 0 saturated carbocycles. The van der Waals surface area contributed by atoms with Crippen LogP contribution >= 0.6 is 15.9 Å². The zero-order chi connectivity index (χ0) is 8.15. The molecule has 0 saturated heterocycles. The van der Waals surface area contributed by atoms with Gasteiger partial charge in [0.1, 0.15) is 10.4 Å². The Labute approximate surface area is 69.7 Å². The Hall–Kier alpha value is -0.570. The number of halogens is 1. The summed E-state index contributed by atoms with van der Waals surface area (Å²) in [6, 6.07) is 0. The summed E-state index contributed by atoms with van der Waals surface area (Å²) < 4.78 is 0.730. The van der Waals surface area contributed by atoms with Crippen LogP contribution in [0.4, 0.5) is 0 Å². The van der Waals surface area contributed by atoms with Crippen molar-refractivity contribution in [2.75, 3.05) is 0 Å². The number of aliphatic imine (C=N–C) groups is 1. The molecule has 0 rings (SSSR count). The highest BCUT2D eigenvalue weighted by Gasteiger charge is 1.91. The van der Waals surface area contributed by atoms with Crippen LogP contribution in [-0.4, -0.2) is 5.84 Å². The lowest BCUT2D eigenvalue weighted by atomic mass is 10.3. The van der Waals surface area contributed by atoms with Crippen molar-refractivity contribution in [1.82, 2.24) is 0 Å². The number of hydrogen-bond acceptors (Lipinski definition) is 1. The fourth-order valence-corrected chi connectivity index (χ4v) is 0.466. The third-order valence-corrected chi connectivity index (χ3v) is 1.54. The van der Waals surface area contributed by atoms with Gasteiger partial charge in [-0.1, -0.05) is 12.7 Å². The van der Waals surface area contributed by atoms with E-state index in [0.717, 1.165) is 10.2 Å². The summed E-state index contributed by atoms with van der Waals surface area (Å²) in [5, 5.41) is 0. The fourth-order valence-electron chi connectivity index (χ4n) is 0.275. The standard InChI is InChI=1S/C7H11BrN2/c1-4-6(8)10-7(9)5(2)3/h4H,2H2,1,3H3,(H2,9,10)/b6-4-. The monoisotopic (exact) mass is 202 g/mol. The number of rotatable bonds is 2. The molecule has 56 valence electrons. The van der Waals surface area contributed by atoms with Crippen LogP contribution in [0.5, 0.6) is 0 Å². The lowest BCUT2D eigenvalue weighted by Crippen LogP contribution is -2.11. The molecular weight excluding hydrogens is 192 g/mol. The third-order valence-electron chi connectivity index (χ3n) is 0.903. The van der Waals surface area contributed by atoms with Gasteiger partial charge in [-0.05, 0) is 35.4 Å². The molecule has 2 nitrogen and oxygen atoms in total. The number of amidine groups is 1. The maximum atomic E-state index is 5.47. The van der Waals surface area contributed by atoms with E-state index in [1.165, 1.54) is 0 Å². The normalized spacial score (nSPS) is 13.5. The fraction of sp³-hybridized carbons (Fsp3) is 0.286. The first-order valence-electron chi connectivity index (χ1n) is 2.89. The quantitative estimate of drug-likeness (QED) is 0.417. The van der Waals surface area contributed by atoms with Gasteiger partial charge in [0.05, 0.1) is 0 Å². The van der Waals surface area contributed by atoms with Gasteiger partial charge in [-0.2, -0.15) is 0 Å². The van der Waals surface area contributed by atoms with Gasteiger partial charge in [0.2, 0.25) is 0 Å². The van der Waals surface area contributed by atoms with Gasteiger partial charge in [0.25, 0.3) is 0 Å². The molecule has 0 aliphatic carbocycles. The van der Waals surface area contributed by atoms with Crippen LogP contribution in [0.15, 0.2) is 27.8 Å². The molecule has 2 N–H and O–H groups in total. The van der Waals surface area contributed by atoms with E-state index >= 15 is 0 Å². The molecule has 10 heavy (non-hydrogen) atoms. The zero-order valence-electron chi connectivity index (χ0n) is 6.19. The number of nitrogens with zero attached hydrogens (tertiary/aromatic N) is 1. The molecule has 0 aromatic heterocycles. The highest BCUT2D eigenvalue weighted by molar-refractivity contribution is 9.11.